The Balaban J connectivity index is 1.84. The minimum Gasteiger partial charge on any atom is -0.389 e. The molecule has 2 N–H and O–H groups in total. The number of nitrogens with zero attached hydrogens (tertiary/aromatic N) is 1. The molecule has 3 unspecified atom stereocenters. The Kier molecular flexibility index (Phi) is 5.67. The Morgan fingerprint density at radius 3 is 2.79 bits per heavy atom. The van der Waals surface area contributed by atoms with E-state index in [4.69, 9.17) is 0 Å². The van der Waals surface area contributed by atoms with Crippen LogP contribution in [0.1, 0.15) is 58.8 Å². The first kappa shape index (κ1) is 15.3. The highest BCUT2D eigenvalue weighted by Gasteiger charge is 2.32. The number of β-amino-alcohol motifs (C(OH)–C–C–N with tert-alkyl or cyclic N) is 1. The van der Waals surface area contributed by atoms with Gasteiger partial charge >= 0.3 is 0 Å². The molecule has 19 heavy (non-hydrogen) atoms. The van der Waals surface area contributed by atoms with E-state index < -0.39 is 5.60 Å². The third-order valence-corrected chi connectivity index (χ3v) is 4.81. The number of nitrogens with one attached hydrogen (secondary N) is 1. The molecular formula is C16H32N2O. The van der Waals surface area contributed by atoms with E-state index in [9.17, 15) is 5.11 Å². The molecule has 3 atom stereocenters. The molecule has 0 aromatic rings. The second-order valence-corrected chi connectivity index (χ2v) is 6.94. The number of rotatable bonds is 5. The zero-order chi connectivity index (χ0) is 13.7. The molecule has 2 rings (SSSR count). The van der Waals surface area contributed by atoms with Crippen LogP contribution in [0.3, 0.4) is 0 Å². The average molecular weight is 268 g/mol. The second kappa shape index (κ2) is 7.05. The SMILES string of the molecule is CCCNC1CCCCC1CN1CCCC(C)(O)C1. The predicted octanol–water partition coefficient (Wildman–Crippen LogP) is 2.39. The van der Waals surface area contributed by atoms with Crippen molar-refractivity contribution in [3.8, 4) is 0 Å². The lowest BCUT2D eigenvalue weighted by molar-refractivity contribution is -0.0231. The molecule has 0 amide bonds. The fourth-order valence-corrected chi connectivity index (χ4v) is 3.84. The van der Waals surface area contributed by atoms with Gasteiger partial charge in [0.2, 0.25) is 0 Å². The van der Waals surface area contributed by atoms with Crippen LogP contribution in [-0.4, -0.2) is 47.8 Å². The van der Waals surface area contributed by atoms with Crippen molar-refractivity contribution in [3.05, 3.63) is 0 Å². The van der Waals surface area contributed by atoms with Gasteiger partial charge in [0.05, 0.1) is 5.60 Å². The highest BCUT2D eigenvalue weighted by Crippen LogP contribution is 2.28. The van der Waals surface area contributed by atoms with Gasteiger partial charge < -0.3 is 15.3 Å². The summed E-state index contributed by atoms with van der Waals surface area (Å²) in [7, 11) is 0. The van der Waals surface area contributed by atoms with E-state index in [-0.39, 0.29) is 0 Å². The molecule has 2 fully saturated rings. The van der Waals surface area contributed by atoms with Crippen LogP contribution in [0.4, 0.5) is 0 Å². The minimum absolute atomic E-state index is 0.459. The zero-order valence-corrected chi connectivity index (χ0v) is 12.8. The fourth-order valence-electron chi connectivity index (χ4n) is 3.84. The van der Waals surface area contributed by atoms with Crippen molar-refractivity contribution in [2.75, 3.05) is 26.2 Å². The number of hydrogen-bond acceptors (Lipinski definition) is 3. The van der Waals surface area contributed by atoms with Gasteiger partial charge in [-0.3, -0.25) is 0 Å². The molecule has 1 aliphatic carbocycles. The molecular weight excluding hydrogens is 236 g/mol. The van der Waals surface area contributed by atoms with E-state index in [2.05, 4.69) is 17.1 Å². The van der Waals surface area contributed by atoms with Crippen molar-refractivity contribution in [2.45, 2.75) is 70.4 Å². The van der Waals surface area contributed by atoms with Crippen molar-refractivity contribution < 1.29 is 5.11 Å². The summed E-state index contributed by atoms with van der Waals surface area (Å²) in [5.74, 6) is 0.786. The van der Waals surface area contributed by atoms with E-state index >= 15 is 0 Å². The maximum atomic E-state index is 10.2. The van der Waals surface area contributed by atoms with Crippen LogP contribution >= 0.6 is 0 Å². The molecule has 1 saturated carbocycles. The van der Waals surface area contributed by atoms with Gasteiger partial charge in [0.25, 0.3) is 0 Å². The predicted molar refractivity (Wildman–Crippen MR) is 80.3 cm³/mol. The summed E-state index contributed by atoms with van der Waals surface area (Å²) in [4.78, 5) is 2.50. The summed E-state index contributed by atoms with van der Waals surface area (Å²) < 4.78 is 0. The molecule has 1 aliphatic heterocycles. The zero-order valence-electron chi connectivity index (χ0n) is 12.8. The first-order chi connectivity index (χ1) is 9.11. The Hall–Kier alpha value is -0.120. The van der Waals surface area contributed by atoms with Gasteiger partial charge in [-0.2, -0.15) is 0 Å². The molecule has 2 aliphatic rings. The molecule has 0 aromatic heterocycles. The number of hydrogen-bond donors (Lipinski definition) is 2. The Labute approximate surface area is 118 Å². The summed E-state index contributed by atoms with van der Waals surface area (Å²) in [6, 6.07) is 0.709. The Bertz CT molecular complexity index is 267. The molecule has 112 valence electrons. The van der Waals surface area contributed by atoms with Crippen molar-refractivity contribution in [2.24, 2.45) is 5.92 Å². The van der Waals surface area contributed by atoms with Gasteiger partial charge in [-0.1, -0.05) is 19.8 Å². The number of piperidine rings is 1. The molecule has 3 nitrogen and oxygen atoms in total. The van der Waals surface area contributed by atoms with E-state index in [0.29, 0.717) is 6.04 Å². The third-order valence-electron chi connectivity index (χ3n) is 4.81. The van der Waals surface area contributed by atoms with E-state index in [0.717, 1.165) is 31.8 Å². The molecule has 1 heterocycles. The summed E-state index contributed by atoms with van der Waals surface area (Å²) in [6.45, 7) is 8.60. The van der Waals surface area contributed by atoms with Crippen LogP contribution in [-0.2, 0) is 0 Å². The summed E-state index contributed by atoms with van der Waals surface area (Å²) in [6.07, 6.45) is 8.81. The molecule has 0 aromatic carbocycles. The van der Waals surface area contributed by atoms with Crippen molar-refractivity contribution >= 4 is 0 Å². The molecule has 0 spiro atoms. The maximum Gasteiger partial charge on any atom is 0.0746 e. The first-order valence-corrected chi connectivity index (χ1v) is 8.29. The summed E-state index contributed by atoms with van der Waals surface area (Å²) in [5, 5.41) is 14.0. The number of aliphatic hydroxyl groups is 1. The largest absolute Gasteiger partial charge is 0.389 e. The lowest BCUT2D eigenvalue weighted by Gasteiger charge is -2.41. The minimum atomic E-state index is -0.459. The highest BCUT2D eigenvalue weighted by atomic mass is 16.3. The van der Waals surface area contributed by atoms with E-state index in [1.807, 2.05) is 6.92 Å². The summed E-state index contributed by atoms with van der Waals surface area (Å²) >= 11 is 0. The van der Waals surface area contributed by atoms with Crippen LogP contribution in [0.2, 0.25) is 0 Å². The van der Waals surface area contributed by atoms with Crippen molar-refractivity contribution in [1.82, 2.24) is 10.2 Å². The smallest absolute Gasteiger partial charge is 0.0746 e. The van der Waals surface area contributed by atoms with Gasteiger partial charge in [-0.25, -0.2) is 0 Å². The van der Waals surface area contributed by atoms with Crippen LogP contribution in [0.15, 0.2) is 0 Å². The number of likely N-dealkylation sites (tertiary alicyclic amines) is 1. The van der Waals surface area contributed by atoms with Gasteiger partial charge in [0, 0.05) is 19.1 Å². The fraction of sp³-hybridized carbons (Fsp3) is 1.00. The molecule has 0 radical (unpaired) electrons. The average Bonchev–Trinajstić information content (AvgIpc) is 2.36. The molecule has 1 saturated heterocycles. The van der Waals surface area contributed by atoms with E-state index in [1.165, 1.54) is 45.2 Å². The normalized spacial score (nSPS) is 37.4. The van der Waals surface area contributed by atoms with Crippen LogP contribution < -0.4 is 5.32 Å². The van der Waals surface area contributed by atoms with Crippen molar-refractivity contribution in [1.29, 1.82) is 0 Å². The lowest BCUT2D eigenvalue weighted by atomic mass is 9.83. The topological polar surface area (TPSA) is 35.5 Å². The van der Waals surface area contributed by atoms with Crippen LogP contribution in [0, 0.1) is 5.92 Å². The standard InChI is InChI=1S/C16H32N2O/c1-3-10-17-15-8-5-4-7-14(15)12-18-11-6-9-16(2,19)13-18/h14-15,17,19H,3-13H2,1-2H3. The maximum absolute atomic E-state index is 10.2. The van der Waals surface area contributed by atoms with E-state index in [1.54, 1.807) is 0 Å². The Morgan fingerprint density at radius 2 is 2.05 bits per heavy atom. The second-order valence-electron chi connectivity index (χ2n) is 6.94. The van der Waals surface area contributed by atoms with Gasteiger partial charge in [-0.05, 0) is 58.0 Å². The van der Waals surface area contributed by atoms with Gasteiger partial charge in [-0.15, -0.1) is 0 Å². The first-order valence-electron chi connectivity index (χ1n) is 8.29. The quantitative estimate of drug-likeness (QED) is 0.803. The van der Waals surface area contributed by atoms with Gasteiger partial charge in [0.15, 0.2) is 0 Å². The Morgan fingerprint density at radius 1 is 1.26 bits per heavy atom. The highest BCUT2D eigenvalue weighted by molar-refractivity contribution is 4.88. The van der Waals surface area contributed by atoms with Crippen LogP contribution in [0.25, 0.3) is 0 Å². The monoisotopic (exact) mass is 268 g/mol. The molecule has 3 heteroatoms. The third kappa shape index (κ3) is 4.73. The summed E-state index contributed by atoms with van der Waals surface area (Å²) in [5.41, 5.74) is -0.459. The lowest BCUT2D eigenvalue weighted by Crippen LogP contribution is -2.50. The van der Waals surface area contributed by atoms with Gasteiger partial charge in [0.1, 0.15) is 0 Å². The molecule has 0 bridgehead atoms. The van der Waals surface area contributed by atoms with Crippen molar-refractivity contribution in [3.63, 3.8) is 0 Å². The van der Waals surface area contributed by atoms with Crippen LogP contribution in [0.5, 0.6) is 0 Å².